The lowest BCUT2D eigenvalue weighted by molar-refractivity contribution is 0.284. The number of para-hydroxylation sites is 1. The molecule has 0 bridgehead atoms. The Hall–Kier alpha value is -1.98. The Kier molecular flexibility index (Phi) is 5.25. The van der Waals surface area contributed by atoms with Gasteiger partial charge in [0.05, 0.1) is 0 Å². The van der Waals surface area contributed by atoms with Gasteiger partial charge in [0, 0.05) is 12.2 Å². The average molecular weight is 305 g/mol. The summed E-state index contributed by atoms with van der Waals surface area (Å²) in [6.07, 6.45) is 0.526. The van der Waals surface area contributed by atoms with Crippen LogP contribution in [-0.4, -0.2) is 16.7 Å². The van der Waals surface area contributed by atoms with Gasteiger partial charge in [-0.2, -0.15) is 0 Å². The van der Waals surface area contributed by atoms with Crippen molar-refractivity contribution >= 4 is 17.2 Å². The standard InChI is InChI=1S/C16H16FNO2S/c17-14-6-5-11(9-13(14)16(18)21)10-20-15-4-2-1-3-12(15)7-8-19/h1-6,9,19H,7-8,10H2,(H2,18,21). The molecule has 21 heavy (non-hydrogen) atoms. The molecule has 0 fully saturated rings. The third-order valence-corrected chi connectivity index (χ3v) is 3.26. The lowest BCUT2D eigenvalue weighted by Gasteiger charge is -2.11. The molecule has 0 aromatic heterocycles. The van der Waals surface area contributed by atoms with Gasteiger partial charge in [0.25, 0.3) is 0 Å². The van der Waals surface area contributed by atoms with Crippen molar-refractivity contribution in [1.29, 1.82) is 0 Å². The number of ether oxygens (including phenoxy) is 1. The smallest absolute Gasteiger partial charge is 0.133 e. The number of thiocarbonyl (C=S) groups is 1. The fourth-order valence-corrected chi connectivity index (χ4v) is 2.14. The van der Waals surface area contributed by atoms with Crippen molar-refractivity contribution in [2.75, 3.05) is 6.61 Å². The highest BCUT2D eigenvalue weighted by atomic mass is 32.1. The van der Waals surface area contributed by atoms with Crippen molar-refractivity contribution in [2.45, 2.75) is 13.0 Å². The zero-order valence-electron chi connectivity index (χ0n) is 11.4. The maximum Gasteiger partial charge on any atom is 0.133 e. The number of hydrogen-bond acceptors (Lipinski definition) is 3. The van der Waals surface area contributed by atoms with Crippen LogP contribution in [0.1, 0.15) is 16.7 Å². The molecule has 0 heterocycles. The fraction of sp³-hybridized carbons (Fsp3) is 0.188. The molecular weight excluding hydrogens is 289 g/mol. The van der Waals surface area contributed by atoms with E-state index in [0.29, 0.717) is 12.2 Å². The minimum atomic E-state index is -0.438. The number of aliphatic hydroxyl groups is 1. The quantitative estimate of drug-likeness (QED) is 0.805. The number of aliphatic hydroxyl groups excluding tert-OH is 1. The predicted molar refractivity (Wildman–Crippen MR) is 83.9 cm³/mol. The van der Waals surface area contributed by atoms with Crippen molar-refractivity contribution in [3.63, 3.8) is 0 Å². The summed E-state index contributed by atoms with van der Waals surface area (Å²) in [5, 5.41) is 9.03. The summed E-state index contributed by atoms with van der Waals surface area (Å²) in [6, 6.07) is 12.0. The Labute approximate surface area is 128 Å². The molecular formula is C16H16FNO2S. The minimum Gasteiger partial charge on any atom is -0.489 e. The Morgan fingerprint density at radius 2 is 2.00 bits per heavy atom. The molecule has 3 nitrogen and oxygen atoms in total. The Balaban J connectivity index is 2.13. The number of hydrogen-bond donors (Lipinski definition) is 2. The monoisotopic (exact) mass is 305 g/mol. The molecule has 5 heteroatoms. The van der Waals surface area contributed by atoms with Crippen LogP contribution < -0.4 is 10.5 Å². The minimum absolute atomic E-state index is 0.0232. The van der Waals surface area contributed by atoms with Gasteiger partial charge in [0.2, 0.25) is 0 Å². The van der Waals surface area contributed by atoms with Crippen LogP contribution in [0.25, 0.3) is 0 Å². The van der Waals surface area contributed by atoms with E-state index in [-0.39, 0.29) is 23.8 Å². The van der Waals surface area contributed by atoms with Crippen LogP contribution in [0.2, 0.25) is 0 Å². The first-order valence-electron chi connectivity index (χ1n) is 6.51. The Morgan fingerprint density at radius 1 is 1.24 bits per heavy atom. The molecule has 0 amide bonds. The molecule has 0 radical (unpaired) electrons. The second-order valence-electron chi connectivity index (χ2n) is 4.55. The second-order valence-corrected chi connectivity index (χ2v) is 4.99. The van der Waals surface area contributed by atoms with Crippen LogP contribution in [0.4, 0.5) is 4.39 Å². The van der Waals surface area contributed by atoms with E-state index in [4.69, 9.17) is 27.8 Å². The van der Waals surface area contributed by atoms with Gasteiger partial charge in [-0.25, -0.2) is 4.39 Å². The highest BCUT2D eigenvalue weighted by Gasteiger charge is 2.08. The lowest BCUT2D eigenvalue weighted by Crippen LogP contribution is -2.12. The average Bonchev–Trinajstić information content (AvgIpc) is 2.47. The number of halogens is 1. The van der Waals surface area contributed by atoms with Crippen LogP contribution >= 0.6 is 12.2 Å². The van der Waals surface area contributed by atoms with Crippen LogP contribution in [0.5, 0.6) is 5.75 Å². The molecule has 110 valence electrons. The van der Waals surface area contributed by atoms with Gasteiger partial charge >= 0.3 is 0 Å². The maximum absolute atomic E-state index is 13.5. The van der Waals surface area contributed by atoms with Crippen molar-refractivity contribution in [3.8, 4) is 5.75 Å². The SMILES string of the molecule is NC(=S)c1cc(COc2ccccc2CCO)ccc1F. The van der Waals surface area contributed by atoms with E-state index in [2.05, 4.69) is 0 Å². The predicted octanol–water partition coefficient (Wildman–Crippen LogP) is 2.57. The summed E-state index contributed by atoms with van der Waals surface area (Å²) >= 11 is 4.81. The van der Waals surface area contributed by atoms with E-state index in [1.165, 1.54) is 6.07 Å². The van der Waals surface area contributed by atoms with Crippen molar-refractivity contribution < 1.29 is 14.2 Å². The molecule has 0 atom stereocenters. The van der Waals surface area contributed by atoms with Gasteiger partial charge in [-0.3, -0.25) is 0 Å². The van der Waals surface area contributed by atoms with Crippen LogP contribution in [0.15, 0.2) is 42.5 Å². The Morgan fingerprint density at radius 3 is 2.71 bits per heavy atom. The van der Waals surface area contributed by atoms with Crippen molar-refractivity contribution in [3.05, 3.63) is 65.0 Å². The number of nitrogens with two attached hydrogens (primary N) is 1. The molecule has 0 saturated carbocycles. The second kappa shape index (κ2) is 7.15. The highest BCUT2D eigenvalue weighted by molar-refractivity contribution is 7.80. The summed E-state index contributed by atoms with van der Waals surface area (Å²) in [5.41, 5.74) is 7.40. The van der Waals surface area contributed by atoms with E-state index < -0.39 is 5.82 Å². The van der Waals surface area contributed by atoms with E-state index in [9.17, 15) is 4.39 Å². The zero-order valence-corrected chi connectivity index (χ0v) is 12.2. The maximum atomic E-state index is 13.5. The summed E-state index contributed by atoms with van der Waals surface area (Å²) in [5.74, 6) is 0.264. The zero-order chi connectivity index (χ0) is 15.2. The van der Waals surface area contributed by atoms with Crippen LogP contribution in [-0.2, 0) is 13.0 Å². The normalized spacial score (nSPS) is 10.4. The number of rotatable bonds is 6. The van der Waals surface area contributed by atoms with Gasteiger partial charge in [0.1, 0.15) is 23.2 Å². The largest absolute Gasteiger partial charge is 0.489 e. The van der Waals surface area contributed by atoms with Gasteiger partial charge in [-0.05, 0) is 35.7 Å². The van der Waals surface area contributed by atoms with E-state index in [0.717, 1.165) is 11.1 Å². The van der Waals surface area contributed by atoms with E-state index in [1.54, 1.807) is 12.1 Å². The molecule has 0 aliphatic carbocycles. The first kappa shape index (κ1) is 15.4. The van der Waals surface area contributed by atoms with Crippen LogP contribution in [0.3, 0.4) is 0 Å². The van der Waals surface area contributed by atoms with Gasteiger partial charge in [-0.1, -0.05) is 36.5 Å². The van der Waals surface area contributed by atoms with Crippen molar-refractivity contribution in [2.24, 2.45) is 5.73 Å². The highest BCUT2D eigenvalue weighted by Crippen LogP contribution is 2.20. The van der Waals surface area contributed by atoms with E-state index >= 15 is 0 Å². The first-order chi connectivity index (χ1) is 10.1. The van der Waals surface area contributed by atoms with Crippen LogP contribution in [0, 0.1) is 5.82 Å². The van der Waals surface area contributed by atoms with Crippen molar-refractivity contribution in [1.82, 2.24) is 0 Å². The summed E-state index contributed by atoms with van der Waals surface area (Å²) in [6.45, 7) is 0.334. The molecule has 0 unspecified atom stereocenters. The third kappa shape index (κ3) is 4.00. The van der Waals surface area contributed by atoms with Gasteiger partial charge < -0.3 is 15.6 Å². The molecule has 2 aromatic rings. The Bertz CT molecular complexity index is 646. The van der Waals surface area contributed by atoms with Gasteiger partial charge in [0.15, 0.2) is 0 Å². The summed E-state index contributed by atoms with van der Waals surface area (Å²) in [4.78, 5) is 0.0232. The molecule has 0 aliphatic rings. The molecule has 0 saturated heterocycles. The molecule has 2 rings (SSSR count). The molecule has 0 aliphatic heterocycles. The van der Waals surface area contributed by atoms with Gasteiger partial charge in [-0.15, -0.1) is 0 Å². The third-order valence-electron chi connectivity index (χ3n) is 3.04. The number of benzene rings is 2. The fourth-order valence-electron chi connectivity index (χ4n) is 1.98. The summed E-state index contributed by atoms with van der Waals surface area (Å²) in [7, 11) is 0. The molecule has 0 spiro atoms. The topological polar surface area (TPSA) is 55.5 Å². The molecule has 2 aromatic carbocycles. The summed E-state index contributed by atoms with van der Waals surface area (Å²) < 4.78 is 19.2. The molecule has 3 N–H and O–H groups in total. The lowest BCUT2D eigenvalue weighted by atomic mass is 10.1. The first-order valence-corrected chi connectivity index (χ1v) is 6.92. The van der Waals surface area contributed by atoms with E-state index in [1.807, 2.05) is 24.3 Å².